The molecule has 7 heteroatoms. The zero-order valence-electron chi connectivity index (χ0n) is 16.9. The van der Waals surface area contributed by atoms with Crippen LogP contribution in [-0.4, -0.2) is 36.4 Å². The van der Waals surface area contributed by atoms with Crippen molar-refractivity contribution < 1.29 is 14.3 Å². The van der Waals surface area contributed by atoms with Crippen LogP contribution in [0.1, 0.15) is 31.2 Å². The van der Waals surface area contributed by atoms with E-state index in [9.17, 15) is 9.59 Å². The van der Waals surface area contributed by atoms with Gasteiger partial charge in [-0.15, -0.1) is 0 Å². The molecule has 2 atom stereocenters. The minimum atomic E-state index is -0.0363. The third-order valence-electron chi connectivity index (χ3n) is 6.22. The highest BCUT2D eigenvalue weighted by molar-refractivity contribution is 6.34. The van der Waals surface area contributed by atoms with Gasteiger partial charge in [0.1, 0.15) is 5.75 Å². The maximum absolute atomic E-state index is 13.0. The second kappa shape index (κ2) is 9.06. The lowest BCUT2D eigenvalue weighted by molar-refractivity contribution is -0.122. The van der Waals surface area contributed by atoms with Gasteiger partial charge >= 0.3 is 0 Å². The van der Waals surface area contributed by atoms with Crippen molar-refractivity contribution in [3.63, 3.8) is 0 Å². The van der Waals surface area contributed by atoms with Crippen molar-refractivity contribution in [2.24, 2.45) is 5.92 Å². The van der Waals surface area contributed by atoms with E-state index in [0.717, 1.165) is 32.2 Å². The van der Waals surface area contributed by atoms with Crippen LogP contribution in [0.2, 0.25) is 5.02 Å². The number of nitrogens with one attached hydrogen (secondary N) is 2. The van der Waals surface area contributed by atoms with E-state index in [1.54, 1.807) is 12.1 Å². The van der Waals surface area contributed by atoms with E-state index in [1.807, 2.05) is 6.07 Å². The highest BCUT2D eigenvalue weighted by Crippen LogP contribution is 2.41. The molecule has 2 bridgehead atoms. The number of hydrogen-bond acceptors (Lipinski definition) is 4. The van der Waals surface area contributed by atoms with E-state index in [4.69, 9.17) is 16.3 Å². The zero-order chi connectivity index (χ0) is 21.1. The normalized spacial score (nSPS) is 23.1. The molecule has 0 radical (unpaired) electrons. The summed E-state index contributed by atoms with van der Waals surface area (Å²) in [6, 6.07) is 14.6. The fourth-order valence-electron chi connectivity index (χ4n) is 4.77. The summed E-state index contributed by atoms with van der Waals surface area (Å²) in [5.74, 6) is 0.420. The Labute approximate surface area is 181 Å². The van der Waals surface area contributed by atoms with E-state index in [1.165, 1.54) is 12.7 Å². The predicted octanol–water partition coefficient (Wildman–Crippen LogP) is 4.30. The molecule has 158 valence electrons. The lowest BCUT2D eigenvalue weighted by Crippen LogP contribution is -2.45. The van der Waals surface area contributed by atoms with E-state index in [0.29, 0.717) is 40.6 Å². The fourth-order valence-corrected chi connectivity index (χ4v) is 4.99. The maximum Gasteiger partial charge on any atom is 0.227 e. The largest absolute Gasteiger partial charge is 0.494 e. The molecule has 30 heavy (non-hydrogen) atoms. The first-order chi connectivity index (χ1) is 14.6. The number of carbonyl (C=O) groups is 2. The van der Waals surface area contributed by atoms with Crippen LogP contribution in [0.3, 0.4) is 0 Å². The molecule has 2 saturated heterocycles. The summed E-state index contributed by atoms with van der Waals surface area (Å²) in [6.45, 7) is 0.944. The van der Waals surface area contributed by atoms with E-state index in [-0.39, 0.29) is 11.8 Å². The van der Waals surface area contributed by atoms with Gasteiger partial charge in [-0.1, -0.05) is 41.9 Å². The van der Waals surface area contributed by atoms with Crippen LogP contribution in [0.5, 0.6) is 5.75 Å². The summed E-state index contributed by atoms with van der Waals surface area (Å²) in [5.41, 5.74) is 2.28. The minimum absolute atomic E-state index is 0.00303. The highest BCUT2D eigenvalue weighted by Gasteiger charge is 2.42. The molecule has 0 aromatic heterocycles. The number of benzene rings is 2. The molecule has 2 unspecified atom stereocenters. The van der Waals surface area contributed by atoms with E-state index in [2.05, 4.69) is 39.8 Å². The Kier molecular flexibility index (Phi) is 6.25. The first kappa shape index (κ1) is 20.7. The molecular weight excluding hydrogens is 402 g/mol. The molecule has 0 aliphatic carbocycles. The molecule has 2 N–H and O–H groups in total. The lowest BCUT2D eigenvalue weighted by Gasteiger charge is -2.38. The van der Waals surface area contributed by atoms with Crippen LogP contribution in [0.25, 0.3) is 0 Å². The number of anilines is 2. The van der Waals surface area contributed by atoms with Crippen molar-refractivity contribution in [2.45, 2.75) is 44.3 Å². The molecule has 6 nitrogen and oxygen atoms in total. The second-order valence-corrected chi connectivity index (χ2v) is 8.40. The third-order valence-corrected chi connectivity index (χ3v) is 6.54. The Morgan fingerprint density at radius 2 is 1.87 bits per heavy atom. The second-order valence-electron chi connectivity index (χ2n) is 8.00. The van der Waals surface area contributed by atoms with Crippen molar-refractivity contribution in [1.82, 2.24) is 4.90 Å². The Balaban J connectivity index is 1.43. The Hall–Kier alpha value is -2.57. The van der Waals surface area contributed by atoms with Crippen molar-refractivity contribution in [1.29, 1.82) is 0 Å². The van der Waals surface area contributed by atoms with Crippen molar-refractivity contribution in [3.05, 3.63) is 53.1 Å². The first-order valence-electron chi connectivity index (χ1n) is 10.3. The van der Waals surface area contributed by atoms with Gasteiger partial charge < -0.3 is 15.4 Å². The van der Waals surface area contributed by atoms with Crippen LogP contribution >= 0.6 is 11.6 Å². The van der Waals surface area contributed by atoms with E-state index < -0.39 is 0 Å². The number of fused-ring (bicyclic) bond motifs is 2. The molecule has 2 fully saturated rings. The lowest BCUT2D eigenvalue weighted by atomic mass is 9.89. The summed E-state index contributed by atoms with van der Waals surface area (Å²) in [5, 5.41) is 5.86. The quantitative estimate of drug-likeness (QED) is 0.646. The Morgan fingerprint density at radius 1 is 1.17 bits per heavy atom. The zero-order valence-corrected chi connectivity index (χ0v) is 17.7. The first-order valence-corrected chi connectivity index (χ1v) is 10.6. The molecule has 4 rings (SSSR count). The average molecular weight is 428 g/mol. The van der Waals surface area contributed by atoms with Gasteiger partial charge in [-0.2, -0.15) is 0 Å². The number of rotatable bonds is 7. The average Bonchev–Trinajstić information content (AvgIpc) is 2.97. The van der Waals surface area contributed by atoms with Gasteiger partial charge in [0.15, 0.2) is 0 Å². The SMILES string of the molecule is COc1cc(NC=O)c(Cl)cc1NC(=O)C1CC2CCC(C1)N2Cc1ccccc1. The van der Waals surface area contributed by atoms with Crippen molar-refractivity contribution >= 4 is 35.3 Å². The molecule has 0 saturated carbocycles. The summed E-state index contributed by atoms with van der Waals surface area (Å²) >= 11 is 6.22. The fraction of sp³-hybridized carbons (Fsp3) is 0.391. The van der Waals surface area contributed by atoms with Crippen LogP contribution in [0.15, 0.2) is 42.5 Å². The molecule has 2 amide bonds. The number of carbonyl (C=O) groups excluding carboxylic acids is 2. The Morgan fingerprint density at radius 3 is 2.50 bits per heavy atom. The molecular formula is C23H26ClN3O3. The Bertz CT molecular complexity index is 907. The maximum atomic E-state index is 13.0. The predicted molar refractivity (Wildman–Crippen MR) is 118 cm³/mol. The number of halogens is 1. The van der Waals surface area contributed by atoms with Crippen molar-refractivity contribution in [3.8, 4) is 5.75 Å². The summed E-state index contributed by atoms with van der Waals surface area (Å²) < 4.78 is 5.38. The molecule has 0 spiro atoms. The molecule has 2 aliphatic rings. The van der Waals surface area contributed by atoms with Crippen LogP contribution in [-0.2, 0) is 16.1 Å². The van der Waals surface area contributed by atoms with Crippen LogP contribution < -0.4 is 15.4 Å². The molecule has 2 aromatic carbocycles. The van der Waals surface area contributed by atoms with Crippen LogP contribution in [0.4, 0.5) is 11.4 Å². The number of amides is 2. The van der Waals surface area contributed by atoms with Gasteiger partial charge in [0.2, 0.25) is 12.3 Å². The molecule has 2 heterocycles. The van der Waals surface area contributed by atoms with Crippen molar-refractivity contribution in [2.75, 3.05) is 17.7 Å². The third kappa shape index (κ3) is 4.30. The number of ether oxygens (including phenoxy) is 1. The van der Waals surface area contributed by atoms with Gasteiger partial charge in [-0.25, -0.2) is 0 Å². The van der Waals surface area contributed by atoms with Gasteiger partial charge in [-0.05, 0) is 37.3 Å². The molecule has 2 aromatic rings. The van der Waals surface area contributed by atoms with Gasteiger partial charge in [0, 0.05) is 30.6 Å². The minimum Gasteiger partial charge on any atom is -0.494 e. The number of nitrogens with zero attached hydrogens (tertiary/aromatic N) is 1. The van der Waals surface area contributed by atoms with Gasteiger partial charge in [-0.3, -0.25) is 14.5 Å². The number of hydrogen-bond donors (Lipinski definition) is 2. The van der Waals surface area contributed by atoms with E-state index >= 15 is 0 Å². The summed E-state index contributed by atoms with van der Waals surface area (Å²) in [7, 11) is 1.52. The highest BCUT2D eigenvalue weighted by atomic mass is 35.5. The van der Waals surface area contributed by atoms with Gasteiger partial charge in [0.25, 0.3) is 0 Å². The summed E-state index contributed by atoms with van der Waals surface area (Å²) in [6.07, 6.45) is 4.55. The smallest absolute Gasteiger partial charge is 0.227 e. The monoisotopic (exact) mass is 427 g/mol. The topological polar surface area (TPSA) is 70.7 Å². The number of methoxy groups -OCH3 is 1. The summed E-state index contributed by atoms with van der Waals surface area (Å²) in [4.78, 5) is 26.3. The van der Waals surface area contributed by atoms with Crippen LogP contribution in [0, 0.1) is 5.92 Å². The number of piperidine rings is 1. The van der Waals surface area contributed by atoms with Gasteiger partial charge in [0.05, 0.1) is 23.5 Å². The molecule has 2 aliphatic heterocycles. The standard InChI is InChI=1S/C23H26ClN3O3/c1-30-22-12-20(25-14-28)19(24)11-21(22)26-23(29)16-9-17-7-8-18(10-16)27(17)13-15-5-3-2-4-6-15/h2-6,11-12,14,16-18H,7-10,13H2,1H3,(H,25,28)(H,26,29).